The minimum Gasteiger partial charge on any atom is -0.497 e. The first kappa shape index (κ1) is 28.0. The summed E-state index contributed by atoms with van der Waals surface area (Å²) in [6.45, 7) is 6.81. The van der Waals surface area contributed by atoms with Gasteiger partial charge in [0.15, 0.2) is 0 Å². The van der Waals surface area contributed by atoms with Crippen LogP contribution in [0.15, 0.2) is 48.8 Å². The van der Waals surface area contributed by atoms with Crippen molar-refractivity contribution in [1.29, 1.82) is 0 Å². The van der Waals surface area contributed by atoms with Crippen molar-refractivity contribution in [3.63, 3.8) is 0 Å². The van der Waals surface area contributed by atoms with Gasteiger partial charge < -0.3 is 24.4 Å². The van der Waals surface area contributed by atoms with Gasteiger partial charge in [0.05, 0.1) is 25.5 Å². The van der Waals surface area contributed by atoms with Crippen molar-refractivity contribution in [3.05, 3.63) is 59.9 Å². The van der Waals surface area contributed by atoms with Crippen LogP contribution in [-0.2, 0) is 22.5 Å². The standard InChI is InChI=1S/C29H37N5O5/c1-29(2,3)39-28(36)34-18-20-7-9-23(37-6)13-21(20)14-25(34)27(35)32-24-10-8-19(22-16-30-31-17-22)15-26(24)38-12-11-33(4)5/h7-10,13,15-17,25H,11-12,14,18H2,1-6H3,(H,30,31)(H,32,35)/t25-/m1/s1. The summed E-state index contributed by atoms with van der Waals surface area (Å²) in [5, 5.41) is 9.86. The number of hydrogen-bond donors (Lipinski definition) is 2. The molecule has 0 saturated heterocycles. The predicted octanol–water partition coefficient (Wildman–Crippen LogP) is 4.33. The topological polar surface area (TPSA) is 109 Å². The molecule has 208 valence electrons. The summed E-state index contributed by atoms with van der Waals surface area (Å²) >= 11 is 0. The molecule has 0 radical (unpaired) electrons. The largest absolute Gasteiger partial charge is 0.497 e. The third-order valence-electron chi connectivity index (χ3n) is 6.34. The number of nitrogens with zero attached hydrogens (tertiary/aromatic N) is 3. The second kappa shape index (κ2) is 11.8. The van der Waals surface area contributed by atoms with Crippen LogP contribution >= 0.6 is 0 Å². The molecule has 0 saturated carbocycles. The van der Waals surface area contributed by atoms with Gasteiger partial charge in [-0.3, -0.25) is 14.8 Å². The summed E-state index contributed by atoms with van der Waals surface area (Å²) in [5.74, 6) is 0.901. The van der Waals surface area contributed by atoms with Crippen LogP contribution in [0.4, 0.5) is 10.5 Å². The number of H-pyrrole nitrogens is 1. The first-order valence-electron chi connectivity index (χ1n) is 12.9. The van der Waals surface area contributed by atoms with Gasteiger partial charge in [0.25, 0.3) is 0 Å². The minimum absolute atomic E-state index is 0.248. The van der Waals surface area contributed by atoms with E-state index in [1.807, 2.05) is 76.2 Å². The van der Waals surface area contributed by atoms with Crippen molar-refractivity contribution >= 4 is 17.7 Å². The number of amides is 2. The fraction of sp³-hybridized carbons (Fsp3) is 0.414. The number of carbonyl (C=O) groups excluding carboxylic acids is 2. The zero-order chi connectivity index (χ0) is 28.2. The number of hydrogen-bond acceptors (Lipinski definition) is 7. The number of carbonyl (C=O) groups is 2. The number of anilines is 1. The van der Waals surface area contributed by atoms with Gasteiger partial charge in [-0.15, -0.1) is 0 Å². The number of nitrogens with one attached hydrogen (secondary N) is 2. The summed E-state index contributed by atoms with van der Waals surface area (Å²) in [6.07, 6.45) is 3.30. The summed E-state index contributed by atoms with van der Waals surface area (Å²) in [4.78, 5) is 30.5. The number of benzene rings is 2. The van der Waals surface area contributed by atoms with Crippen molar-refractivity contribution in [1.82, 2.24) is 20.0 Å². The minimum atomic E-state index is -0.789. The third kappa shape index (κ3) is 7.08. The van der Waals surface area contributed by atoms with Crippen LogP contribution in [0.5, 0.6) is 11.5 Å². The number of methoxy groups -OCH3 is 1. The molecule has 2 amide bonds. The number of fused-ring (bicyclic) bond motifs is 1. The molecule has 0 spiro atoms. The maximum absolute atomic E-state index is 13.8. The summed E-state index contributed by atoms with van der Waals surface area (Å²) in [5.41, 5.74) is 3.52. The van der Waals surface area contributed by atoms with Crippen LogP contribution in [-0.4, -0.2) is 78.0 Å². The van der Waals surface area contributed by atoms with E-state index >= 15 is 0 Å². The molecule has 4 rings (SSSR count). The van der Waals surface area contributed by atoms with E-state index in [2.05, 4.69) is 15.5 Å². The van der Waals surface area contributed by atoms with Gasteiger partial charge in [-0.1, -0.05) is 12.1 Å². The number of aromatic nitrogens is 2. The summed E-state index contributed by atoms with van der Waals surface area (Å²) in [6, 6.07) is 10.5. The zero-order valence-electron chi connectivity index (χ0n) is 23.4. The van der Waals surface area contributed by atoms with E-state index in [0.29, 0.717) is 36.8 Å². The van der Waals surface area contributed by atoms with Gasteiger partial charge in [-0.05, 0) is 75.8 Å². The Bertz CT molecular complexity index is 1300. The van der Waals surface area contributed by atoms with E-state index in [-0.39, 0.29) is 12.5 Å². The molecule has 0 bridgehead atoms. The van der Waals surface area contributed by atoms with Gasteiger partial charge in [0.2, 0.25) is 5.91 Å². The molecule has 1 aliphatic heterocycles. The van der Waals surface area contributed by atoms with Crippen LogP contribution in [0.25, 0.3) is 11.1 Å². The molecule has 10 heteroatoms. The Morgan fingerprint density at radius 2 is 1.92 bits per heavy atom. The van der Waals surface area contributed by atoms with E-state index in [4.69, 9.17) is 14.2 Å². The Hall–Kier alpha value is -4.05. The Labute approximate surface area is 229 Å². The molecule has 2 heterocycles. The predicted molar refractivity (Wildman–Crippen MR) is 149 cm³/mol. The summed E-state index contributed by atoms with van der Waals surface area (Å²) in [7, 11) is 5.54. The highest BCUT2D eigenvalue weighted by molar-refractivity contribution is 5.98. The normalized spacial score (nSPS) is 15.1. The molecule has 1 aromatic heterocycles. The Kier molecular flexibility index (Phi) is 8.44. The quantitative estimate of drug-likeness (QED) is 0.442. The van der Waals surface area contributed by atoms with Crippen molar-refractivity contribution in [2.45, 2.75) is 45.4 Å². The lowest BCUT2D eigenvalue weighted by molar-refractivity contribution is -0.121. The second-order valence-electron chi connectivity index (χ2n) is 10.8. The van der Waals surface area contributed by atoms with Crippen molar-refractivity contribution in [2.24, 2.45) is 0 Å². The molecule has 39 heavy (non-hydrogen) atoms. The molecule has 1 aliphatic rings. The Balaban J connectivity index is 1.63. The smallest absolute Gasteiger partial charge is 0.411 e. The Morgan fingerprint density at radius 1 is 1.13 bits per heavy atom. The maximum Gasteiger partial charge on any atom is 0.411 e. The fourth-order valence-electron chi connectivity index (χ4n) is 4.32. The highest BCUT2D eigenvalue weighted by Crippen LogP contribution is 2.33. The van der Waals surface area contributed by atoms with Crippen LogP contribution in [0.1, 0.15) is 31.9 Å². The third-order valence-corrected chi connectivity index (χ3v) is 6.34. The van der Waals surface area contributed by atoms with Crippen molar-refractivity contribution < 1.29 is 23.8 Å². The molecule has 1 atom stereocenters. The van der Waals surface area contributed by atoms with E-state index in [9.17, 15) is 9.59 Å². The first-order valence-corrected chi connectivity index (χ1v) is 12.9. The van der Waals surface area contributed by atoms with Crippen molar-refractivity contribution in [2.75, 3.05) is 39.7 Å². The highest BCUT2D eigenvalue weighted by atomic mass is 16.6. The van der Waals surface area contributed by atoms with E-state index in [1.54, 1.807) is 19.5 Å². The van der Waals surface area contributed by atoms with Gasteiger partial charge in [-0.25, -0.2) is 4.79 Å². The maximum atomic E-state index is 13.8. The molecule has 0 unspecified atom stereocenters. The van der Waals surface area contributed by atoms with Crippen LogP contribution < -0.4 is 14.8 Å². The molecule has 0 fully saturated rings. The molecule has 0 aliphatic carbocycles. The average molecular weight is 536 g/mol. The SMILES string of the molecule is COc1ccc2c(c1)C[C@H](C(=O)Nc1ccc(-c3cn[nH]c3)cc1OCCN(C)C)N(C(=O)OC(C)(C)C)C2. The van der Waals surface area contributed by atoms with E-state index in [1.165, 1.54) is 4.90 Å². The molecule has 10 nitrogen and oxygen atoms in total. The van der Waals surface area contributed by atoms with Crippen molar-refractivity contribution in [3.8, 4) is 22.6 Å². The second-order valence-corrected chi connectivity index (χ2v) is 10.8. The average Bonchev–Trinajstić information content (AvgIpc) is 3.42. The van der Waals surface area contributed by atoms with Gasteiger partial charge in [-0.2, -0.15) is 5.10 Å². The lowest BCUT2D eigenvalue weighted by atomic mass is 9.93. The van der Waals surface area contributed by atoms with Gasteiger partial charge in [0, 0.05) is 24.7 Å². The summed E-state index contributed by atoms with van der Waals surface area (Å²) < 4.78 is 17.2. The molecular formula is C29H37N5O5. The van der Waals surface area contributed by atoms with Crippen LogP contribution in [0, 0.1) is 0 Å². The molecule has 3 aromatic rings. The lowest BCUT2D eigenvalue weighted by Gasteiger charge is -2.37. The monoisotopic (exact) mass is 535 g/mol. The molecular weight excluding hydrogens is 498 g/mol. The molecule has 2 aromatic carbocycles. The van der Waals surface area contributed by atoms with Gasteiger partial charge >= 0.3 is 6.09 Å². The van der Waals surface area contributed by atoms with E-state index in [0.717, 1.165) is 22.3 Å². The molecule has 2 N–H and O–H groups in total. The van der Waals surface area contributed by atoms with E-state index < -0.39 is 17.7 Å². The number of rotatable bonds is 8. The number of likely N-dealkylation sites (N-methyl/N-ethyl adjacent to an activating group) is 1. The van der Waals surface area contributed by atoms with Crippen LogP contribution in [0.3, 0.4) is 0 Å². The highest BCUT2D eigenvalue weighted by Gasteiger charge is 2.37. The number of aromatic amines is 1. The first-order chi connectivity index (χ1) is 18.5. The number of ether oxygens (including phenoxy) is 3. The van der Waals surface area contributed by atoms with Crippen LogP contribution in [0.2, 0.25) is 0 Å². The Morgan fingerprint density at radius 3 is 2.59 bits per heavy atom. The lowest BCUT2D eigenvalue weighted by Crippen LogP contribution is -2.52. The fourth-order valence-corrected chi connectivity index (χ4v) is 4.32. The zero-order valence-corrected chi connectivity index (χ0v) is 23.4. The van der Waals surface area contributed by atoms with Gasteiger partial charge in [0.1, 0.15) is 29.7 Å².